The van der Waals surface area contributed by atoms with Gasteiger partial charge in [-0.1, -0.05) is 47.5 Å². The van der Waals surface area contributed by atoms with Crippen molar-refractivity contribution in [3.63, 3.8) is 0 Å². The van der Waals surface area contributed by atoms with E-state index in [0.29, 0.717) is 15.8 Å². The molecular weight excluding hydrogens is 307 g/mol. The molecule has 0 radical (unpaired) electrons. The van der Waals surface area contributed by atoms with Gasteiger partial charge in [0.15, 0.2) is 5.78 Å². The number of carbonyl (C=O) groups excluding carboxylic acids is 1. The molecule has 0 spiro atoms. The first-order valence-corrected chi connectivity index (χ1v) is 7.09. The highest BCUT2D eigenvalue weighted by Gasteiger charge is 2.12. The van der Waals surface area contributed by atoms with Crippen LogP contribution in [0.15, 0.2) is 48.5 Å². The van der Waals surface area contributed by atoms with E-state index < -0.39 is 0 Å². The highest BCUT2D eigenvalue weighted by atomic mass is 35.5. The summed E-state index contributed by atoms with van der Waals surface area (Å²) in [7, 11) is 1.60. The lowest BCUT2D eigenvalue weighted by Crippen LogP contribution is -1.96. The fourth-order valence-corrected chi connectivity index (χ4v) is 2.35. The third-order valence-corrected chi connectivity index (χ3v) is 3.71. The number of para-hydroxylation sites is 1. The lowest BCUT2D eigenvalue weighted by molar-refractivity contribution is -0.112. The van der Waals surface area contributed by atoms with Gasteiger partial charge in [-0.3, -0.25) is 4.79 Å². The molecule has 2 aromatic carbocycles. The predicted octanol–water partition coefficient (Wildman–Crippen LogP) is 5.02. The molecule has 2 nitrogen and oxygen atoms in total. The second-order valence-electron chi connectivity index (χ2n) is 4.50. The van der Waals surface area contributed by atoms with E-state index >= 15 is 0 Å². The third-order valence-electron chi connectivity index (χ3n) is 2.98. The van der Waals surface area contributed by atoms with Crippen molar-refractivity contribution in [1.82, 2.24) is 0 Å². The summed E-state index contributed by atoms with van der Waals surface area (Å²) in [5.74, 6) is 0.637. The number of benzene rings is 2. The van der Waals surface area contributed by atoms with Gasteiger partial charge in [-0.2, -0.15) is 0 Å². The zero-order chi connectivity index (χ0) is 15.4. The van der Waals surface area contributed by atoms with Crippen molar-refractivity contribution in [2.45, 2.75) is 6.92 Å². The normalized spacial score (nSPS) is 11.3. The molecule has 0 bridgehead atoms. The zero-order valence-corrected chi connectivity index (χ0v) is 13.2. The van der Waals surface area contributed by atoms with Crippen LogP contribution >= 0.6 is 23.2 Å². The van der Waals surface area contributed by atoms with Crippen molar-refractivity contribution < 1.29 is 9.53 Å². The molecule has 0 aliphatic heterocycles. The Morgan fingerprint density at radius 2 is 1.81 bits per heavy atom. The van der Waals surface area contributed by atoms with E-state index in [1.165, 1.54) is 6.92 Å². The van der Waals surface area contributed by atoms with E-state index in [0.717, 1.165) is 16.7 Å². The van der Waals surface area contributed by atoms with Gasteiger partial charge in [0, 0.05) is 5.56 Å². The predicted molar refractivity (Wildman–Crippen MR) is 87.2 cm³/mol. The fraction of sp³-hybridized carbons (Fsp3) is 0.118. The van der Waals surface area contributed by atoms with E-state index in [2.05, 4.69) is 0 Å². The number of hydrogen-bond acceptors (Lipinski definition) is 2. The van der Waals surface area contributed by atoms with Gasteiger partial charge in [0.1, 0.15) is 5.75 Å². The van der Waals surface area contributed by atoms with Crippen molar-refractivity contribution >= 4 is 34.6 Å². The molecule has 0 aliphatic rings. The molecule has 0 amide bonds. The molecule has 0 aromatic heterocycles. The molecule has 0 atom stereocenters. The van der Waals surface area contributed by atoms with Crippen LogP contribution in [-0.4, -0.2) is 12.9 Å². The molecule has 0 unspecified atom stereocenters. The summed E-state index contributed by atoms with van der Waals surface area (Å²) in [4.78, 5) is 11.6. The molecule has 0 saturated carbocycles. The summed E-state index contributed by atoms with van der Waals surface area (Å²) in [6, 6.07) is 12.8. The van der Waals surface area contributed by atoms with E-state index in [1.807, 2.05) is 30.3 Å². The second kappa shape index (κ2) is 6.79. The molecule has 21 heavy (non-hydrogen) atoms. The first-order chi connectivity index (χ1) is 10.0. The molecule has 0 heterocycles. The van der Waals surface area contributed by atoms with Crippen LogP contribution in [0.1, 0.15) is 18.1 Å². The van der Waals surface area contributed by atoms with Crippen molar-refractivity contribution in [2.24, 2.45) is 0 Å². The Morgan fingerprint density at radius 3 is 2.43 bits per heavy atom. The van der Waals surface area contributed by atoms with Crippen LogP contribution in [0.2, 0.25) is 10.0 Å². The maximum atomic E-state index is 11.6. The second-order valence-corrected chi connectivity index (χ2v) is 5.31. The van der Waals surface area contributed by atoms with Crippen molar-refractivity contribution in [3.05, 3.63) is 69.7 Å². The molecule has 0 aliphatic carbocycles. The fourth-order valence-electron chi connectivity index (χ4n) is 2.05. The van der Waals surface area contributed by atoms with Gasteiger partial charge in [0.05, 0.1) is 17.2 Å². The van der Waals surface area contributed by atoms with E-state index in [9.17, 15) is 4.79 Å². The minimum atomic E-state index is -0.0537. The van der Waals surface area contributed by atoms with Crippen molar-refractivity contribution in [2.75, 3.05) is 7.11 Å². The lowest BCUT2D eigenvalue weighted by Gasteiger charge is -2.13. The molecule has 108 valence electrons. The van der Waals surface area contributed by atoms with Gasteiger partial charge in [-0.25, -0.2) is 0 Å². The van der Waals surface area contributed by atoms with Gasteiger partial charge >= 0.3 is 0 Å². The van der Waals surface area contributed by atoms with E-state index in [-0.39, 0.29) is 5.78 Å². The number of allylic oxidation sites excluding steroid dienone is 1. The van der Waals surface area contributed by atoms with E-state index in [4.69, 9.17) is 27.9 Å². The van der Waals surface area contributed by atoms with Crippen LogP contribution in [0.4, 0.5) is 0 Å². The summed E-state index contributed by atoms with van der Waals surface area (Å²) >= 11 is 12.0. The lowest BCUT2D eigenvalue weighted by atomic mass is 9.96. The third kappa shape index (κ3) is 3.66. The Kier molecular flexibility index (Phi) is 5.05. The van der Waals surface area contributed by atoms with Gasteiger partial charge in [-0.05, 0) is 42.3 Å². The summed E-state index contributed by atoms with van der Waals surface area (Å²) in [6.45, 7) is 1.51. The molecular formula is C17H14Cl2O2. The number of carbonyl (C=O) groups is 1. The van der Waals surface area contributed by atoms with Crippen molar-refractivity contribution in [1.29, 1.82) is 0 Å². The topological polar surface area (TPSA) is 26.3 Å². The standard InChI is InChI=1S/C17H14Cl2O2/c1-11(20)9-14(12-7-8-15(18)16(19)10-12)13-5-3-4-6-17(13)21-2/h3-10H,1-2H3/b14-9+. The highest BCUT2D eigenvalue weighted by molar-refractivity contribution is 6.42. The Morgan fingerprint density at radius 1 is 1.10 bits per heavy atom. The number of ether oxygens (including phenoxy) is 1. The summed E-state index contributed by atoms with van der Waals surface area (Å²) in [5.41, 5.74) is 2.39. The number of rotatable bonds is 4. The highest BCUT2D eigenvalue weighted by Crippen LogP contribution is 2.33. The summed E-state index contributed by atoms with van der Waals surface area (Å²) in [5, 5.41) is 0.918. The number of hydrogen-bond donors (Lipinski definition) is 0. The monoisotopic (exact) mass is 320 g/mol. The maximum Gasteiger partial charge on any atom is 0.153 e. The number of ketones is 1. The van der Waals surface area contributed by atoms with Gasteiger partial charge in [0.2, 0.25) is 0 Å². The van der Waals surface area contributed by atoms with Gasteiger partial charge in [-0.15, -0.1) is 0 Å². The molecule has 2 aromatic rings. The Bertz CT molecular complexity index is 706. The smallest absolute Gasteiger partial charge is 0.153 e. The number of methoxy groups -OCH3 is 1. The average molecular weight is 321 g/mol. The largest absolute Gasteiger partial charge is 0.496 e. The first kappa shape index (κ1) is 15.6. The molecule has 0 N–H and O–H groups in total. The molecule has 0 fully saturated rings. The van der Waals surface area contributed by atoms with Crippen molar-refractivity contribution in [3.8, 4) is 5.75 Å². The molecule has 2 rings (SSSR count). The van der Waals surface area contributed by atoms with E-state index in [1.54, 1.807) is 25.3 Å². The van der Waals surface area contributed by atoms with Crippen LogP contribution in [0.5, 0.6) is 5.75 Å². The Hall–Kier alpha value is -1.77. The van der Waals surface area contributed by atoms with Crippen LogP contribution in [-0.2, 0) is 4.79 Å². The molecule has 0 saturated heterocycles. The van der Waals surface area contributed by atoms with Crippen LogP contribution in [0.25, 0.3) is 5.57 Å². The Balaban J connectivity index is 2.64. The quantitative estimate of drug-likeness (QED) is 0.739. The Labute approximate surface area is 134 Å². The van der Waals surface area contributed by atoms with Crippen LogP contribution in [0, 0.1) is 0 Å². The van der Waals surface area contributed by atoms with Crippen LogP contribution < -0.4 is 4.74 Å². The minimum Gasteiger partial charge on any atom is -0.496 e. The zero-order valence-electron chi connectivity index (χ0n) is 11.7. The number of halogens is 2. The maximum absolute atomic E-state index is 11.6. The summed E-state index contributed by atoms with van der Waals surface area (Å²) < 4.78 is 5.37. The van der Waals surface area contributed by atoms with Gasteiger partial charge in [0.25, 0.3) is 0 Å². The minimum absolute atomic E-state index is 0.0537. The first-order valence-electron chi connectivity index (χ1n) is 6.34. The van der Waals surface area contributed by atoms with Crippen LogP contribution in [0.3, 0.4) is 0 Å². The average Bonchev–Trinajstić information content (AvgIpc) is 2.47. The summed E-state index contributed by atoms with van der Waals surface area (Å²) in [6.07, 6.45) is 1.57. The van der Waals surface area contributed by atoms with Gasteiger partial charge < -0.3 is 4.74 Å². The molecule has 4 heteroatoms. The SMILES string of the molecule is COc1ccccc1/C(=C/C(C)=O)c1ccc(Cl)c(Cl)c1.